The monoisotopic (exact) mass is 280 g/mol. The maximum Gasteiger partial charge on any atom is 0.534 e. The molecule has 0 unspecified atom stereocenters. The molecule has 0 saturated heterocycles. The van der Waals surface area contributed by atoms with E-state index >= 15 is 0 Å². The number of halogens is 6. The van der Waals surface area contributed by atoms with Gasteiger partial charge in [-0.15, -0.1) is 0 Å². The van der Waals surface area contributed by atoms with Gasteiger partial charge in [-0.05, 0) is 12.1 Å². The standard InChI is InChI=1S/C7H2F6O3S/c8-3-1-2-4(9)6(5(3)10)16-17(14,15)7(11,12)13/h1-2H. The van der Waals surface area contributed by atoms with Crippen LogP contribution >= 0.6 is 0 Å². The van der Waals surface area contributed by atoms with E-state index < -0.39 is 38.8 Å². The van der Waals surface area contributed by atoms with E-state index in [2.05, 4.69) is 4.18 Å². The first kappa shape index (κ1) is 13.6. The number of hydrogen-bond donors (Lipinski definition) is 0. The summed E-state index contributed by atoms with van der Waals surface area (Å²) in [6.45, 7) is 0. The predicted octanol–water partition coefficient (Wildman–Crippen LogP) is 2.33. The Labute approximate surface area is 90.7 Å². The van der Waals surface area contributed by atoms with Gasteiger partial charge in [0.2, 0.25) is 11.6 Å². The SMILES string of the molecule is O=S(=O)(Oc1c(F)ccc(F)c1F)C(F)(F)F. The lowest BCUT2D eigenvalue weighted by atomic mass is 10.3. The zero-order valence-electron chi connectivity index (χ0n) is 7.56. The summed E-state index contributed by atoms with van der Waals surface area (Å²) in [5.74, 6) is -7.67. The highest BCUT2D eigenvalue weighted by atomic mass is 32.2. The van der Waals surface area contributed by atoms with E-state index in [1.807, 2.05) is 0 Å². The highest BCUT2D eigenvalue weighted by molar-refractivity contribution is 7.88. The van der Waals surface area contributed by atoms with Gasteiger partial charge in [-0.25, -0.2) is 8.78 Å². The summed E-state index contributed by atoms with van der Waals surface area (Å²) < 4.78 is 97.7. The Kier molecular flexibility index (Phi) is 3.28. The van der Waals surface area contributed by atoms with E-state index in [1.165, 1.54) is 0 Å². The van der Waals surface area contributed by atoms with Crippen LogP contribution in [0.15, 0.2) is 12.1 Å². The predicted molar refractivity (Wildman–Crippen MR) is 41.9 cm³/mol. The first-order valence-electron chi connectivity index (χ1n) is 3.70. The van der Waals surface area contributed by atoms with Crippen LogP contribution in [-0.2, 0) is 10.1 Å². The van der Waals surface area contributed by atoms with Gasteiger partial charge in [0.05, 0.1) is 0 Å². The zero-order valence-corrected chi connectivity index (χ0v) is 8.37. The Hall–Kier alpha value is -1.45. The average Bonchev–Trinajstić information content (AvgIpc) is 2.17. The molecule has 0 spiro atoms. The number of hydrogen-bond acceptors (Lipinski definition) is 3. The summed E-state index contributed by atoms with van der Waals surface area (Å²) in [6, 6.07) is 0.484. The molecule has 0 radical (unpaired) electrons. The smallest absolute Gasteiger partial charge is 0.370 e. The van der Waals surface area contributed by atoms with Gasteiger partial charge in [0.25, 0.3) is 0 Å². The highest BCUT2D eigenvalue weighted by Crippen LogP contribution is 2.30. The van der Waals surface area contributed by atoms with Crippen LogP contribution in [0.4, 0.5) is 26.3 Å². The van der Waals surface area contributed by atoms with Gasteiger partial charge < -0.3 is 4.18 Å². The van der Waals surface area contributed by atoms with Crippen molar-refractivity contribution in [2.75, 3.05) is 0 Å². The number of rotatable bonds is 2. The Morgan fingerprint density at radius 3 is 1.94 bits per heavy atom. The van der Waals surface area contributed by atoms with E-state index in [4.69, 9.17) is 0 Å². The fourth-order valence-electron chi connectivity index (χ4n) is 0.742. The van der Waals surface area contributed by atoms with Crippen LogP contribution in [0.1, 0.15) is 0 Å². The Morgan fingerprint density at radius 2 is 1.47 bits per heavy atom. The van der Waals surface area contributed by atoms with E-state index in [0.717, 1.165) is 0 Å². The topological polar surface area (TPSA) is 43.4 Å². The molecule has 96 valence electrons. The second-order valence-electron chi connectivity index (χ2n) is 2.66. The minimum Gasteiger partial charge on any atom is -0.370 e. The van der Waals surface area contributed by atoms with E-state index in [-0.39, 0.29) is 12.1 Å². The third-order valence-electron chi connectivity index (χ3n) is 1.48. The Bertz CT molecular complexity index is 535. The Morgan fingerprint density at radius 1 is 1.00 bits per heavy atom. The van der Waals surface area contributed by atoms with Gasteiger partial charge in [0.1, 0.15) is 0 Å². The molecule has 0 atom stereocenters. The third kappa shape index (κ3) is 2.62. The molecular formula is C7H2F6O3S. The van der Waals surface area contributed by atoms with Crippen LogP contribution in [0.5, 0.6) is 5.75 Å². The van der Waals surface area contributed by atoms with E-state index in [9.17, 15) is 34.8 Å². The Balaban J connectivity index is 3.27. The second-order valence-corrected chi connectivity index (χ2v) is 4.19. The van der Waals surface area contributed by atoms with Gasteiger partial charge >= 0.3 is 15.6 Å². The lowest BCUT2D eigenvalue weighted by Gasteiger charge is -2.10. The molecule has 0 heterocycles. The van der Waals surface area contributed by atoms with Gasteiger partial charge in [-0.1, -0.05) is 0 Å². The van der Waals surface area contributed by atoms with Crippen molar-refractivity contribution in [1.82, 2.24) is 0 Å². The molecule has 0 bridgehead atoms. The van der Waals surface area contributed by atoms with E-state index in [1.54, 1.807) is 0 Å². The van der Waals surface area contributed by atoms with Crippen LogP contribution in [0, 0.1) is 17.5 Å². The molecular weight excluding hydrogens is 278 g/mol. The zero-order chi connectivity index (χ0) is 13.4. The lowest BCUT2D eigenvalue weighted by Crippen LogP contribution is -2.28. The highest BCUT2D eigenvalue weighted by Gasteiger charge is 2.49. The van der Waals surface area contributed by atoms with Crippen LogP contribution < -0.4 is 4.18 Å². The van der Waals surface area contributed by atoms with Crippen molar-refractivity contribution < 1.29 is 38.9 Å². The van der Waals surface area contributed by atoms with Crippen molar-refractivity contribution in [3.8, 4) is 5.75 Å². The van der Waals surface area contributed by atoms with Crippen LogP contribution in [-0.4, -0.2) is 13.9 Å². The maximum absolute atomic E-state index is 12.8. The van der Waals surface area contributed by atoms with Gasteiger partial charge in [-0.2, -0.15) is 26.0 Å². The molecule has 0 amide bonds. The van der Waals surface area contributed by atoms with Gasteiger partial charge in [0.15, 0.2) is 11.6 Å². The first-order chi connectivity index (χ1) is 7.56. The first-order valence-corrected chi connectivity index (χ1v) is 5.11. The summed E-state index contributed by atoms with van der Waals surface area (Å²) in [5, 5.41) is 0. The molecule has 0 aromatic heterocycles. The summed E-state index contributed by atoms with van der Waals surface area (Å²) in [4.78, 5) is 0. The number of alkyl halides is 3. The van der Waals surface area contributed by atoms with Gasteiger partial charge in [-0.3, -0.25) is 0 Å². The normalized spacial score (nSPS) is 12.6. The fraction of sp³-hybridized carbons (Fsp3) is 0.143. The molecule has 1 aromatic carbocycles. The molecule has 0 fully saturated rings. The average molecular weight is 280 g/mol. The fourth-order valence-corrected chi connectivity index (χ4v) is 1.21. The van der Waals surface area contributed by atoms with Crippen molar-refractivity contribution in [1.29, 1.82) is 0 Å². The van der Waals surface area contributed by atoms with Crippen molar-refractivity contribution in [2.24, 2.45) is 0 Å². The molecule has 0 aliphatic heterocycles. The maximum atomic E-state index is 12.8. The summed E-state index contributed by atoms with van der Waals surface area (Å²) in [6.07, 6.45) is 0. The molecule has 3 nitrogen and oxygen atoms in total. The van der Waals surface area contributed by atoms with Crippen LogP contribution in [0.3, 0.4) is 0 Å². The summed E-state index contributed by atoms with van der Waals surface area (Å²) in [5.41, 5.74) is -5.88. The van der Waals surface area contributed by atoms with Crippen LogP contribution in [0.25, 0.3) is 0 Å². The summed E-state index contributed by atoms with van der Waals surface area (Å²) in [7, 11) is -6.26. The largest absolute Gasteiger partial charge is 0.534 e. The third-order valence-corrected chi connectivity index (χ3v) is 2.43. The molecule has 1 aromatic rings. The molecule has 0 N–H and O–H groups in total. The van der Waals surface area contributed by atoms with Crippen molar-refractivity contribution in [3.05, 3.63) is 29.6 Å². The summed E-state index contributed by atoms with van der Waals surface area (Å²) >= 11 is 0. The molecule has 10 heteroatoms. The molecule has 0 saturated carbocycles. The lowest BCUT2D eigenvalue weighted by molar-refractivity contribution is -0.0502. The molecule has 0 aliphatic carbocycles. The second kappa shape index (κ2) is 4.09. The quantitative estimate of drug-likeness (QED) is 0.361. The van der Waals surface area contributed by atoms with Crippen molar-refractivity contribution in [3.63, 3.8) is 0 Å². The van der Waals surface area contributed by atoms with E-state index in [0.29, 0.717) is 0 Å². The molecule has 0 aliphatic rings. The minimum absolute atomic E-state index is 0.222. The van der Waals surface area contributed by atoms with Crippen molar-refractivity contribution in [2.45, 2.75) is 5.51 Å². The molecule has 17 heavy (non-hydrogen) atoms. The van der Waals surface area contributed by atoms with Gasteiger partial charge in [0, 0.05) is 0 Å². The van der Waals surface area contributed by atoms with Crippen LogP contribution in [0.2, 0.25) is 0 Å². The number of benzene rings is 1. The van der Waals surface area contributed by atoms with Crippen molar-refractivity contribution >= 4 is 10.1 Å². The minimum atomic E-state index is -6.26. The molecule has 1 rings (SSSR count).